The van der Waals surface area contributed by atoms with Crippen LogP contribution in [0.1, 0.15) is 24.6 Å². The molecule has 0 N–H and O–H groups in total. The number of carbonyl (C=O) groups is 1. The van der Waals surface area contributed by atoms with Gasteiger partial charge in [0.1, 0.15) is 0 Å². The number of aromatic nitrogens is 2. The van der Waals surface area contributed by atoms with Gasteiger partial charge in [-0.1, -0.05) is 6.92 Å². The van der Waals surface area contributed by atoms with Gasteiger partial charge < -0.3 is 14.2 Å². The maximum Gasteiger partial charge on any atom is 0.299 e. The molecule has 0 bridgehead atoms. The molecule has 1 atom stereocenters. The normalized spacial score (nSPS) is 15.8. The molecule has 1 unspecified atom stereocenters. The number of nitrogens with zero attached hydrogens (tertiary/aromatic N) is 2. The molecule has 3 aromatic rings. The number of thiazole rings is 1. The Morgan fingerprint density at radius 3 is 2.79 bits per heavy atom. The fourth-order valence-corrected chi connectivity index (χ4v) is 4.57. The molecular weight excluding hydrogens is 376 g/mol. The van der Waals surface area contributed by atoms with Gasteiger partial charge in [-0.3, -0.25) is 9.36 Å². The monoisotopic (exact) mass is 398 g/mol. The highest BCUT2D eigenvalue weighted by Crippen LogP contribution is 2.39. The van der Waals surface area contributed by atoms with E-state index in [1.807, 2.05) is 18.2 Å². The molecule has 1 aliphatic carbocycles. The van der Waals surface area contributed by atoms with Crippen LogP contribution in [0.2, 0.25) is 0 Å². The Morgan fingerprint density at radius 2 is 2.04 bits per heavy atom. The van der Waals surface area contributed by atoms with Gasteiger partial charge in [0.15, 0.2) is 16.6 Å². The van der Waals surface area contributed by atoms with Gasteiger partial charge in [-0.15, -0.1) is 11.3 Å². The lowest BCUT2D eigenvalue weighted by Gasteiger charge is -2.20. The van der Waals surface area contributed by atoms with Crippen molar-refractivity contribution in [2.75, 3.05) is 14.2 Å². The number of fused-ring (bicyclic) bond motifs is 1. The standard InChI is InChI=1S/C21H22N2O4S/c1-13-4-6-16-15(8-13)9-17(14-5-7-18(25-2)19(10-14)26-3)23(16)21-22-20(11-28-21)27-12-24/h5,7,9-13H,4,6,8H2,1-3H3. The maximum absolute atomic E-state index is 10.7. The number of methoxy groups -OCH3 is 2. The Balaban J connectivity index is 1.88. The molecule has 2 heterocycles. The summed E-state index contributed by atoms with van der Waals surface area (Å²) >= 11 is 1.46. The predicted octanol–water partition coefficient (Wildman–Crippen LogP) is 4.28. The summed E-state index contributed by atoms with van der Waals surface area (Å²) in [6, 6.07) is 8.16. The van der Waals surface area contributed by atoms with Gasteiger partial charge in [-0.05, 0) is 55.0 Å². The molecule has 0 radical (unpaired) electrons. The van der Waals surface area contributed by atoms with Crippen molar-refractivity contribution in [2.45, 2.75) is 26.2 Å². The average molecular weight is 398 g/mol. The second kappa shape index (κ2) is 7.67. The summed E-state index contributed by atoms with van der Waals surface area (Å²) in [4.78, 5) is 15.2. The van der Waals surface area contributed by atoms with E-state index in [1.165, 1.54) is 22.6 Å². The zero-order chi connectivity index (χ0) is 19.7. The molecule has 2 aromatic heterocycles. The Kier molecular flexibility index (Phi) is 5.09. The maximum atomic E-state index is 10.7. The van der Waals surface area contributed by atoms with Gasteiger partial charge in [-0.2, -0.15) is 4.98 Å². The largest absolute Gasteiger partial charge is 0.493 e. The minimum atomic E-state index is 0.319. The van der Waals surface area contributed by atoms with Crippen LogP contribution in [0, 0.1) is 5.92 Å². The van der Waals surface area contributed by atoms with E-state index < -0.39 is 0 Å². The van der Waals surface area contributed by atoms with Crippen molar-refractivity contribution in [2.24, 2.45) is 5.92 Å². The van der Waals surface area contributed by atoms with Crippen LogP contribution in [0.5, 0.6) is 17.4 Å². The molecule has 0 saturated carbocycles. The second-order valence-corrected chi connectivity index (χ2v) is 7.77. The molecule has 6 nitrogen and oxygen atoms in total. The number of rotatable bonds is 6. The summed E-state index contributed by atoms with van der Waals surface area (Å²) in [5.41, 5.74) is 4.69. The third kappa shape index (κ3) is 3.26. The minimum Gasteiger partial charge on any atom is -0.493 e. The zero-order valence-electron chi connectivity index (χ0n) is 16.1. The number of ether oxygens (including phenoxy) is 3. The summed E-state index contributed by atoms with van der Waals surface area (Å²) in [6.45, 7) is 2.69. The summed E-state index contributed by atoms with van der Waals surface area (Å²) in [5.74, 6) is 2.36. The van der Waals surface area contributed by atoms with Crippen LogP contribution in [0.25, 0.3) is 16.4 Å². The van der Waals surface area contributed by atoms with Crippen LogP contribution in [0.3, 0.4) is 0 Å². The van der Waals surface area contributed by atoms with Crippen molar-refractivity contribution < 1.29 is 19.0 Å². The van der Waals surface area contributed by atoms with Crippen molar-refractivity contribution >= 4 is 17.8 Å². The fourth-order valence-electron chi connectivity index (χ4n) is 3.79. The first kappa shape index (κ1) is 18.6. The molecule has 7 heteroatoms. The highest BCUT2D eigenvalue weighted by atomic mass is 32.1. The number of carbonyl (C=O) groups excluding carboxylic acids is 1. The van der Waals surface area contributed by atoms with Gasteiger partial charge in [-0.25, -0.2) is 0 Å². The van der Waals surface area contributed by atoms with E-state index >= 15 is 0 Å². The number of hydrogen-bond acceptors (Lipinski definition) is 6. The highest BCUT2D eigenvalue weighted by molar-refractivity contribution is 7.12. The Bertz CT molecular complexity index is 1010. The van der Waals surface area contributed by atoms with Crippen LogP contribution in [0.4, 0.5) is 0 Å². The molecule has 0 aliphatic heterocycles. The van der Waals surface area contributed by atoms with E-state index in [-0.39, 0.29) is 0 Å². The van der Waals surface area contributed by atoms with Crippen LogP contribution >= 0.6 is 11.3 Å². The van der Waals surface area contributed by atoms with Gasteiger partial charge in [0.25, 0.3) is 6.47 Å². The van der Waals surface area contributed by atoms with Crippen molar-refractivity contribution in [3.8, 4) is 33.8 Å². The van der Waals surface area contributed by atoms with E-state index in [0.717, 1.165) is 35.7 Å². The average Bonchev–Trinajstić information content (AvgIpc) is 3.31. The fraction of sp³-hybridized carbons (Fsp3) is 0.333. The molecule has 28 heavy (non-hydrogen) atoms. The van der Waals surface area contributed by atoms with E-state index in [4.69, 9.17) is 14.2 Å². The first-order valence-corrected chi connectivity index (χ1v) is 10.0. The summed E-state index contributed by atoms with van der Waals surface area (Å²) in [7, 11) is 3.27. The van der Waals surface area contributed by atoms with Crippen LogP contribution in [-0.2, 0) is 17.6 Å². The predicted molar refractivity (Wildman–Crippen MR) is 108 cm³/mol. The molecule has 1 aliphatic rings. The Morgan fingerprint density at radius 1 is 1.21 bits per heavy atom. The van der Waals surface area contributed by atoms with Crippen molar-refractivity contribution in [3.63, 3.8) is 0 Å². The minimum absolute atomic E-state index is 0.319. The van der Waals surface area contributed by atoms with E-state index in [2.05, 4.69) is 22.5 Å². The van der Waals surface area contributed by atoms with Crippen molar-refractivity contribution in [1.29, 1.82) is 0 Å². The first-order valence-electron chi connectivity index (χ1n) is 9.16. The molecule has 0 amide bonds. The van der Waals surface area contributed by atoms with E-state index in [1.54, 1.807) is 19.6 Å². The molecular formula is C21H22N2O4S. The molecule has 1 aromatic carbocycles. The highest BCUT2D eigenvalue weighted by Gasteiger charge is 2.25. The molecule has 146 valence electrons. The van der Waals surface area contributed by atoms with Crippen LogP contribution in [0.15, 0.2) is 29.6 Å². The van der Waals surface area contributed by atoms with Gasteiger partial charge >= 0.3 is 0 Å². The lowest BCUT2D eigenvalue weighted by molar-refractivity contribution is -0.120. The van der Waals surface area contributed by atoms with Gasteiger partial charge in [0.2, 0.25) is 5.88 Å². The van der Waals surface area contributed by atoms with Gasteiger partial charge in [0, 0.05) is 11.3 Å². The molecule has 4 rings (SSSR count). The summed E-state index contributed by atoms with van der Waals surface area (Å²) in [5, 5.41) is 2.54. The number of benzene rings is 1. The lowest BCUT2D eigenvalue weighted by atomic mass is 9.89. The smallest absolute Gasteiger partial charge is 0.299 e. The second-order valence-electron chi connectivity index (χ2n) is 6.94. The Hall–Kier alpha value is -2.80. The van der Waals surface area contributed by atoms with E-state index in [0.29, 0.717) is 29.8 Å². The number of hydrogen-bond donors (Lipinski definition) is 0. The first-order chi connectivity index (χ1) is 13.6. The lowest BCUT2D eigenvalue weighted by Crippen LogP contribution is -2.13. The summed E-state index contributed by atoms with van der Waals surface area (Å²) < 4.78 is 18.0. The van der Waals surface area contributed by atoms with Crippen molar-refractivity contribution in [3.05, 3.63) is 40.9 Å². The third-order valence-corrected chi connectivity index (χ3v) is 5.95. The van der Waals surface area contributed by atoms with Crippen molar-refractivity contribution in [1.82, 2.24) is 9.55 Å². The van der Waals surface area contributed by atoms with Crippen LogP contribution in [-0.4, -0.2) is 30.2 Å². The summed E-state index contributed by atoms with van der Waals surface area (Å²) in [6.07, 6.45) is 3.18. The van der Waals surface area contributed by atoms with Gasteiger partial charge in [0.05, 0.1) is 25.3 Å². The topological polar surface area (TPSA) is 62.6 Å². The van der Waals surface area contributed by atoms with Crippen LogP contribution < -0.4 is 14.2 Å². The third-order valence-electron chi connectivity index (χ3n) is 5.15. The van der Waals surface area contributed by atoms with E-state index in [9.17, 15) is 4.79 Å². The SMILES string of the molecule is COc1ccc(-c2cc3c(n2-c2nc(OC=O)cs2)CCC(C)C3)cc1OC. The molecule has 0 spiro atoms. The Labute approximate surface area is 167 Å². The molecule has 0 saturated heterocycles. The molecule has 0 fully saturated rings. The zero-order valence-corrected chi connectivity index (χ0v) is 16.9. The quantitative estimate of drug-likeness (QED) is 0.580.